The minimum absolute atomic E-state index is 0.177. The first-order valence-electron chi connectivity index (χ1n) is 1.83. The topological polar surface area (TPSA) is 43.1 Å². The molecular formula is C5H6NO. The van der Waals surface area contributed by atoms with Crippen LogP contribution in [0.5, 0.6) is 0 Å². The maximum atomic E-state index is 9.85. The van der Waals surface area contributed by atoms with E-state index < -0.39 is 5.91 Å². The highest BCUT2D eigenvalue weighted by atomic mass is 16.1. The average molecular weight is 96.1 g/mol. The summed E-state index contributed by atoms with van der Waals surface area (Å²) in [5.74, 6) is -0.391. The number of primary amides is 1. The second kappa shape index (κ2) is 3.19. The molecule has 2 nitrogen and oxygen atoms in total. The van der Waals surface area contributed by atoms with Gasteiger partial charge in [-0.25, -0.2) is 0 Å². The number of hydrogen-bond donors (Lipinski definition) is 1. The summed E-state index contributed by atoms with van der Waals surface area (Å²) in [7, 11) is 0. The first-order chi connectivity index (χ1) is 3.27. The summed E-state index contributed by atoms with van der Waals surface area (Å²) in [5.41, 5.74) is 6.89. The van der Waals surface area contributed by atoms with Crippen molar-refractivity contribution < 1.29 is 4.79 Å². The lowest BCUT2D eigenvalue weighted by Gasteiger charge is -1.76. The Bertz CT molecular complexity index is 111. The van der Waals surface area contributed by atoms with E-state index in [-0.39, 0.29) is 6.42 Å². The van der Waals surface area contributed by atoms with Gasteiger partial charge in [0.1, 0.15) is 0 Å². The van der Waals surface area contributed by atoms with Crippen LogP contribution in [-0.4, -0.2) is 5.91 Å². The van der Waals surface area contributed by atoms with Gasteiger partial charge in [0.25, 0.3) is 0 Å². The van der Waals surface area contributed by atoms with E-state index >= 15 is 0 Å². The molecular weight excluding hydrogens is 90.1 g/mol. The fraction of sp³-hybridized carbons (Fsp3) is 0.200. The molecule has 0 aromatic rings. The Morgan fingerprint density at radius 2 is 2.57 bits per heavy atom. The van der Waals surface area contributed by atoms with Crippen molar-refractivity contribution in [2.45, 2.75) is 6.42 Å². The molecule has 0 rings (SSSR count). The van der Waals surface area contributed by atoms with Crippen LogP contribution >= 0.6 is 0 Å². The molecule has 0 bridgehead atoms. The van der Waals surface area contributed by atoms with Crippen LogP contribution in [0.25, 0.3) is 0 Å². The average Bonchev–Trinajstić information content (AvgIpc) is 1.61. The molecule has 2 N–H and O–H groups in total. The molecule has 0 fully saturated rings. The summed E-state index contributed by atoms with van der Waals surface area (Å²) < 4.78 is 0. The van der Waals surface area contributed by atoms with Crippen LogP contribution < -0.4 is 5.73 Å². The first-order valence-corrected chi connectivity index (χ1v) is 1.83. The number of rotatable bonds is 2. The van der Waals surface area contributed by atoms with Gasteiger partial charge in [0.15, 0.2) is 0 Å². The van der Waals surface area contributed by atoms with Crippen molar-refractivity contribution in [1.82, 2.24) is 0 Å². The van der Waals surface area contributed by atoms with E-state index in [9.17, 15) is 4.79 Å². The van der Waals surface area contributed by atoms with Crippen LogP contribution in [0, 0.1) is 6.58 Å². The van der Waals surface area contributed by atoms with Crippen LogP contribution in [0.2, 0.25) is 0 Å². The quantitative estimate of drug-likeness (QED) is 0.483. The van der Waals surface area contributed by atoms with E-state index in [4.69, 9.17) is 12.3 Å². The third-order valence-corrected chi connectivity index (χ3v) is 0.421. The smallest absolute Gasteiger partial charge is 0.221 e. The third-order valence-electron chi connectivity index (χ3n) is 0.421. The Kier molecular flexibility index (Phi) is 2.73. The van der Waals surface area contributed by atoms with E-state index in [1.165, 1.54) is 6.08 Å². The number of amides is 1. The molecule has 0 spiro atoms. The summed E-state index contributed by atoms with van der Waals surface area (Å²) in [6.07, 6.45) is 1.55. The fourth-order valence-electron chi connectivity index (χ4n) is 0.160. The van der Waals surface area contributed by atoms with Gasteiger partial charge in [-0.1, -0.05) is 0 Å². The van der Waals surface area contributed by atoms with Gasteiger partial charge in [0.05, 0.1) is 6.42 Å². The van der Waals surface area contributed by atoms with Crippen molar-refractivity contribution >= 4 is 5.91 Å². The summed E-state index contributed by atoms with van der Waals surface area (Å²) in [6.45, 7) is 4.76. The van der Waals surface area contributed by atoms with Crippen LogP contribution in [0.4, 0.5) is 0 Å². The zero-order valence-corrected chi connectivity index (χ0v) is 3.85. The van der Waals surface area contributed by atoms with Crippen LogP contribution in [-0.2, 0) is 4.79 Å². The maximum Gasteiger partial charge on any atom is 0.221 e. The number of nitrogens with two attached hydrogens (primary N) is 1. The minimum Gasteiger partial charge on any atom is -0.369 e. The number of carbonyl (C=O) groups is 1. The van der Waals surface area contributed by atoms with Crippen molar-refractivity contribution in [3.8, 4) is 0 Å². The molecule has 0 aliphatic carbocycles. The molecule has 37 valence electrons. The Labute approximate surface area is 42.3 Å². The van der Waals surface area contributed by atoms with Crippen molar-refractivity contribution in [2.24, 2.45) is 5.73 Å². The Morgan fingerprint density at radius 3 is 2.71 bits per heavy atom. The van der Waals surface area contributed by atoms with Crippen molar-refractivity contribution in [3.05, 3.63) is 18.4 Å². The predicted octanol–water partition coefficient (Wildman–Crippen LogP) is 0.00609. The Balaban J connectivity index is 3.32. The lowest BCUT2D eigenvalue weighted by atomic mass is 10.4. The molecule has 1 amide bonds. The molecule has 0 heterocycles. The lowest BCUT2D eigenvalue weighted by Crippen LogP contribution is -2.07. The molecule has 0 atom stereocenters. The third kappa shape index (κ3) is 4.99. The highest BCUT2D eigenvalue weighted by molar-refractivity contribution is 5.75. The zero-order valence-electron chi connectivity index (χ0n) is 3.85. The van der Waals surface area contributed by atoms with E-state index in [0.717, 1.165) is 0 Å². The van der Waals surface area contributed by atoms with E-state index in [1.807, 2.05) is 0 Å². The van der Waals surface area contributed by atoms with E-state index in [2.05, 4.69) is 5.73 Å². The molecule has 0 aromatic heterocycles. The molecule has 7 heavy (non-hydrogen) atoms. The van der Waals surface area contributed by atoms with Crippen LogP contribution in [0.1, 0.15) is 6.42 Å². The van der Waals surface area contributed by atoms with Gasteiger partial charge in [-0.2, -0.15) is 0 Å². The molecule has 0 aromatic carbocycles. The molecule has 0 saturated heterocycles. The van der Waals surface area contributed by atoms with Gasteiger partial charge in [0.2, 0.25) is 5.91 Å². The summed E-state index contributed by atoms with van der Waals surface area (Å²) in [5, 5.41) is 0. The van der Waals surface area contributed by atoms with Gasteiger partial charge in [-0.05, 0) is 12.7 Å². The van der Waals surface area contributed by atoms with E-state index in [1.54, 1.807) is 0 Å². The molecule has 0 aliphatic rings. The predicted molar refractivity (Wildman–Crippen MR) is 26.2 cm³/mol. The highest BCUT2D eigenvalue weighted by Crippen LogP contribution is 1.73. The largest absolute Gasteiger partial charge is 0.369 e. The fourth-order valence-corrected chi connectivity index (χ4v) is 0.160. The van der Waals surface area contributed by atoms with Gasteiger partial charge in [-0.15, -0.1) is 5.73 Å². The normalized spacial score (nSPS) is 6.86. The Morgan fingerprint density at radius 1 is 2.00 bits per heavy atom. The molecule has 0 saturated carbocycles. The second-order valence-electron chi connectivity index (χ2n) is 1.04. The van der Waals surface area contributed by atoms with E-state index in [0.29, 0.717) is 0 Å². The van der Waals surface area contributed by atoms with Crippen molar-refractivity contribution in [2.75, 3.05) is 0 Å². The van der Waals surface area contributed by atoms with Gasteiger partial charge < -0.3 is 5.73 Å². The summed E-state index contributed by atoms with van der Waals surface area (Å²) in [4.78, 5) is 9.85. The Hall–Kier alpha value is -1.01. The van der Waals surface area contributed by atoms with Gasteiger partial charge in [-0.3, -0.25) is 4.79 Å². The second-order valence-corrected chi connectivity index (χ2v) is 1.04. The standard InChI is InChI=1S/C5H6NO/c1-2-3-4-5(6)7/h1,3H,4H2,(H2,6,7). The van der Waals surface area contributed by atoms with Crippen LogP contribution in [0.3, 0.4) is 0 Å². The van der Waals surface area contributed by atoms with Gasteiger partial charge in [0, 0.05) is 0 Å². The number of carbonyl (C=O) groups excluding carboxylic acids is 1. The molecule has 1 radical (unpaired) electrons. The molecule has 0 unspecified atom stereocenters. The molecule has 2 heteroatoms. The zero-order chi connectivity index (χ0) is 5.70. The molecule has 0 aliphatic heterocycles. The first kappa shape index (κ1) is 5.99. The van der Waals surface area contributed by atoms with Crippen LogP contribution in [0.15, 0.2) is 11.8 Å². The van der Waals surface area contributed by atoms with Gasteiger partial charge >= 0.3 is 0 Å². The summed E-state index contributed by atoms with van der Waals surface area (Å²) >= 11 is 0. The monoisotopic (exact) mass is 96.0 g/mol. The lowest BCUT2D eigenvalue weighted by molar-refractivity contribution is -0.117. The summed E-state index contributed by atoms with van der Waals surface area (Å²) in [6, 6.07) is 0. The maximum absolute atomic E-state index is 9.85. The highest BCUT2D eigenvalue weighted by Gasteiger charge is 1.82. The number of hydrogen-bond acceptors (Lipinski definition) is 1. The van der Waals surface area contributed by atoms with Crippen molar-refractivity contribution in [1.29, 1.82) is 0 Å². The SMILES string of the molecule is [CH]=C=CCC(N)=O. The van der Waals surface area contributed by atoms with Crippen molar-refractivity contribution in [3.63, 3.8) is 0 Å². The minimum atomic E-state index is -0.391.